The molecule has 0 radical (unpaired) electrons. The number of aromatic amines is 1. The summed E-state index contributed by atoms with van der Waals surface area (Å²) < 4.78 is 94.3. The highest BCUT2D eigenvalue weighted by molar-refractivity contribution is 9.10. The molecule has 0 amide bonds. The SMILES string of the molecule is N#CC1(C(F)(F)F)CCc2c(S(=O)(=O)Nc3cc(F)c(Br)cc3F)c[nH]c2C1. The molecule has 28 heavy (non-hydrogen) atoms. The number of hydrogen-bond donors (Lipinski definition) is 2. The number of hydrogen-bond acceptors (Lipinski definition) is 3. The molecule has 1 atom stereocenters. The lowest BCUT2D eigenvalue weighted by atomic mass is 9.74. The number of benzene rings is 1. The predicted molar refractivity (Wildman–Crippen MR) is 91.8 cm³/mol. The molecule has 1 unspecified atom stereocenters. The van der Waals surface area contributed by atoms with Crippen molar-refractivity contribution in [3.63, 3.8) is 0 Å². The van der Waals surface area contributed by atoms with Gasteiger partial charge in [-0.3, -0.25) is 4.72 Å². The number of alkyl halides is 3. The van der Waals surface area contributed by atoms with Gasteiger partial charge in [0, 0.05) is 24.4 Å². The molecule has 0 bridgehead atoms. The Morgan fingerprint density at radius 3 is 2.54 bits per heavy atom. The molecule has 5 nitrogen and oxygen atoms in total. The van der Waals surface area contributed by atoms with E-state index < -0.39 is 51.8 Å². The van der Waals surface area contributed by atoms with Gasteiger partial charge in [0.2, 0.25) is 0 Å². The van der Waals surface area contributed by atoms with Crippen molar-refractivity contribution in [3.05, 3.63) is 45.7 Å². The normalized spacial score (nSPS) is 19.8. The van der Waals surface area contributed by atoms with Gasteiger partial charge in [-0.2, -0.15) is 18.4 Å². The molecule has 1 aromatic carbocycles. The molecule has 3 rings (SSSR count). The van der Waals surface area contributed by atoms with E-state index in [2.05, 4.69) is 20.9 Å². The molecule has 1 heterocycles. The third kappa shape index (κ3) is 3.37. The summed E-state index contributed by atoms with van der Waals surface area (Å²) in [5, 5.41) is 9.05. The highest BCUT2D eigenvalue weighted by Crippen LogP contribution is 2.48. The maximum atomic E-state index is 13.9. The lowest BCUT2D eigenvalue weighted by Gasteiger charge is -2.32. The van der Waals surface area contributed by atoms with Crippen LogP contribution in [0.3, 0.4) is 0 Å². The molecule has 0 spiro atoms. The summed E-state index contributed by atoms with van der Waals surface area (Å²) in [5.41, 5.74) is -3.21. The van der Waals surface area contributed by atoms with Crippen LogP contribution >= 0.6 is 15.9 Å². The summed E-state index contributed by atoms with van der Waals surface area (Å²) in [6, 6.07) is 2.68. The molecule has 1 aliphatic rings. The van der Waals surface area contributed by atoms with Crippen LogP contribution in [0.15, 0.2) is 27.7 Å². The molecular formula is C16H11BrF5N3O2S. The first-order valence-electron chi connectivity index (χ1n) is 7.75. The quantitative estimate of drug-likeness (QED) is 0.500. The number of fused-ring (bicyclic) bond motifs is 1. The van der Waals surface area contributed by atoms with Gasteiger partial charge in [0.1, 0.15) is 16.5 Å². The highest BCUT2D eigenvalue weighted by Gasteiger charge is 2.57. The average molecular weight is 484 g/mol. The fraction of sp³-hybridized carbons (Fsp3) is 0.312. The van der Waals surface area contributed by atoms with Gasteiger partial charge in [0.05, 0.1) is 16.2 Å². The fourth-order valence-corrected chi connectivity index (χ4v) is 4.71. The summed E-state index contributed by atoms with van der Waals surface area (Å²) in [4.78, 5) is 2.09. The van der Waals surface area contributed by atoms with E-state index in [0.29, 0.717) is 6.07 Å². The summed E-state index contributed by atoms with van der Waals surface area (Å²) in [7, 11) is -4.41. The van der Waals surface area contributed by atoms with E-state index in [-0.39, 0.29) is 27.0 Å². The Labute approximate surface area is 164 Å². The van der Waals surface area contributed by atoms with Gasteiger partial charge in [-0.15, -0.1) is 0 Å². The van der Waals surface area contributed by atoms with Crippen LogP contribution in [-0.4, -0.2) is 19.6 Å². The summed E-state index contributed by atoms with van der Waals surface area (Å²) in [6.45, 7) is 0. The summed E-state index contributed by atoms with van der Waals surface area (Å²) >= 11 is 2.77. The van der Waals surface area contributed by atoms with Gasteiger partial charge in [0.25, 0.3) is 10.0 Å². The lowest BCUT2D eigenvalue weighted by molar-refractivity contribution is -0.206. The smallest absolute Gasteiger partial charge is 0.363 e. The monoisotopic (exact) mass is 483 g/mol. The number of nitrogens with zero attached hydrogens (tertiary/aromatic N) is 1. The van der Waals surface area contributed by atoms with Crippen molar-refractivity contribution in [2.45, 2.75) is 30.3 Å². The molecule has 1 aliphatic carbocycles. The van der Waals surface area contributed by atoms with Crippen LogP contribution in [0.4, 0.5) is 27.6 Å². The highest BCUT2D eigenvalue weighted by atomic mass is 79.9. The standard InChI is InChI=1S/C16H11BrF5N3O2S/c17-9-3-11(19)12(4-10(9)18)25-28(26,27)14-6-24-13-5-15(7-23,16(20,21)22)2-1-8(13)14/h3-4,6,24-25H,1-2,5H2. The molecule has 0 fully saturated rings. The van der Waals surface area contributed by atoms with E-state index >= 15 is 0 Å². The zero-order chi connectivity index (χ0) is 20.9. The first-order valence-corrected chi connectivity index (χ1v) is 10.0. The molecule has 2 aromatic rings. The van der Waals surface area contributed by atoms with Crippen LogP contribution in [-0.2, 0) is 22.9 Å². The Kier molecular flexibility index (Phi) is 4.95. The predicted octanol–water partition coefficient (Wildman–Crippen LogP) is 4.42. The van der Waals surface area contributed by atoms with Gasteiger partial charge < -0.3 is 4.98 Å². The minimum atomic E-state index is -4.78. The molecule has 150 valence electrons. The van der Waals surface area contributed by atoms with Gasteiger partial charge in [-0.05, 0) is 40.4 Å². The molecular weight excluding hydrogens is 473 g/mol. The van der Waals surface area contributed by atoms with Crippen molar-refractivity contribution in [2.24, 2.45) is 5.41 Å². The van der Waals surface area contributed by atoms with Crippen LogP contribution in [0, 0.1) is 28.4 Å². The Morgan fingerprint density at radius 1 is 1.25 bits per heavy atom. The maximum Gasteiger partial charge on any atom is 0.407 e. The number of H-pyrrole nitrogens is 1. The van der Waals surface area contributed by atoms with Crippen molar-refractivity contribution in [2.75, 3.05) is 4.72 Å². The van der Waals surface area contributed by atoms with Crippen LogP contribution in [0.2, 0.25) is 0 Å². The number of nitrogens with one attached hydrogen (secondary N) is 2. The number of halogens is 6. The van der Waals surface area contributed by atoms with Crippen LogP contribution in [0.1, 0.15) is 17.7 Å². The molecule has 0 aliphatic heterocycles. The van der Waals surface area contributed by atoms with Crippen LogP contribution in [0.5, 0.6) is 0 Å². The number of rotatable bonds is 3. The van der Waals surface area contributed by atoms with E-state index in [1.165, 1.54) is 6.07 Å². The van der Waals surface area contributed by atoms with E-state index in [1.54, 1.807) is 0 Å². The van der Waals surface area contributed by atoms with Gasteiger partial charge in [-0.25, -0.2) is 17.2 Å². The Bertz CT molecular complexity index is 1090. The van der Waals surface area contributed by atoms with E-state index in [1.807, 2.05) is 4.72 Å². The zero-order valence-corrected chi connectivity index (χ0v) is 16.2. The van der Waals surface area contributed by atoms with Crippen LogP contribution in [0.25, 0.3) is 0 Å². The first-order chi connectivity index (χ1) is 12.9. The number of nitriles is 1. The van der Waals surface area contributed by atoms with E-state index in [0.717, 1.165) is 12.3 Å². The summed E-state index contributed by atoms with van der Waals surface area (Å²) in [6.07, 6.45) is -5.45. The Hall–Kier alpha value is -2.13. The average Bonchev–Trinajstić information content (AvgIpc) is 3.02. The molecule has 0 saturated heterocycles. The number of sulfonamides is 1. The second-order valence-electron chi connectivity index (χ2n) is 6.33. The van der Waals surface area contributed by atoms with Gasteiger partial charge >= 0.3 is 6.18 Å². The summed E-state index contributed by atoms with van der Waals surface area (Å²) in [5.74, 6) is -1.94. The fourth-order valence-electron chi connectivity index (χ4n) is 3.08. The van der Waals surface area contributed by atoms with Gasteiger partial charge in [-0.1, -0.05) is 0 Å². The second-order valence-corrected chi connectivity index (χ2v) is 8.84. The third-order valence-electron chi connectivity index (χ3n) is 4.62. The maximum absolute atomic E-state index is 13.9. The van der Waals surface area contributed by atoms with Crippen LogP contribution < -0.4 is 4.72 Å². The molecule has 1 aromatic heterocycles. The van der Waals surface area contributed by atoms with Crippen molar-refractivity contribution < 1.29 is 30.4 Å². The van der Waals surface area contributed by atoms with Crippen molar-refractivity contribution in [1.29, 1.82) is 5.26 Å². The van der Waals surface area contributed by atoms with E-state index in [9.17, 15) is 30.4 Å². The number of anilines is 1. The largest absolute Gasteiger partial charge is 0.407 e. The lowest BCUT2D eigenvalue weighted by Crippen LogP contribution is -2.41. The topological polar surface area (TPSA) is 85.8 Å². The minimum Gasteiger partial charge on any atom is -0.363 e. The zero-order valence-electron chi connectivity index (χ0n) is 13.8. The Balaban J connectivity index is 1.96. The van der Waals surface area contributed by atoms with Crippen molar-refractivity contribution in [3.8, 4) is 6.07 Å². The first kappa shape index (κ1) is 20.6. The van der Waals surface area contributed by atoms with Crippen molar-refractivity contribution >= 4 is 31.6 Å². The molecule has 0 saturated carbocycles. The van der Waals surface area contributed by atoms with Gasteiger partial charge in [0.15, 0.2) is 5.41 Å². The molecule has 12 heteroatoms. The second kappa shape index (κ2) is 6.73. The third-order valence-corrected chi connectivity index (χ3v) is 6.66. The molecule has 2 N–H and O–H groups in total. The minimum absolute atomic E-state index is 0.0343. The van der Waals surface area contributed by atoms with E-state index in [4.69, 9.17) is 5.26 Å². The number of aromatic nitrogens is 1. The van der Waals surface area contributed by atoms with Crippen molar-refractivity contribution in [1.82, 2.24) is 4.98 Å². The Morgan fingerprint density at radius 2 is 1.93 bits per heavy atom.